The van der Waals surface area contributed by atoms with Crippen molar-refractivity contribution >= 4 is 17.5 Å². The average Bonchev–Trinajstić information content (AvgIpc) is 3.10. The van der Waals surface area contributed by atoms with Crippen LogP contribution in [0.15, 0.2) is 24.3 Å². The maximum absolute atomic E-state index is 13.0. The molecule has 1 aliphatic carbocycles. The lowest BCUT2D eigenvalue weighted by atomic mass is 9.88. The molecule has 6 nitrogen and oxygen atoms in total. The number of nitrogens with one attached hydrogen (secondary N) is 1. The number of aromatic nitrogens is 1. The molecule has 1 N–H and O–H groups in total. The van der Waals surface area contributed by atoms with Gasteiger partial charge in [0.1, 0.15) is 11.4 Å². The van der Waals surface area contributed by atoms with Crippen molar-refractivity contribution in [3.05, 3.63) is 52.3 Å². The first-order valence-electron chi connectivity index (χ1n) is 10.2. The van der Waals surface area contributed by atoms with Gasteiger partial charge in [0, 0.05) is 42.2 Å². The van der Waals surface area contributed by atoms with Crippen LogP contribution < -0.4 is 4.74 Å². The van der Waals surface area contributed by atoms with Crippen molar-refractivity contribution in [1.82, 2.24) is 9.88 Å². The molecular weight excluding hydrogens is 368 g/mol. The summed E-state index contributed by atoms with van der Waals surface area (Å²) in [5.74, 6) is 0.830. The standard InChI is InChI=1S/C23H26N2O4/c1-14-20-18(4-3-5-19(20)26)24-21(14)23(28)25-12-10-16(11-13-25)22(27)15-6-8-17(29-2)9-7-15/h6-9,16,24H,3-5,10-13H2,1-2H3. The average molecular weight is 394 g/mol. The summed E-state index contributed by atoms with van der Waals surface area (Å²) in [5.41, 5.74) is 3.59. The van der Waals surface area contributed by atoms with E-state index in [2.05, 4.69) is 4.98 Å². The number of likely N-dealkylation sites (tertiary alicyclic amines) is 1. The first-order chi connectivity index (χ1) is 14.0. The lowest BCUT2D eigenvalue weighted by Gasteiger charge is -2.31. The summed E-state index contributed by atoms with van der Waals surface area (Å²) in [7, 11) is 1.60. The molecule has 1 amide bonds. The van der Waals surface area contributed by atoms with Crippen LogP contribution in [0.1, 0.15) is 68.1 Å². The number of aromatic amines is 1. The van der Waals surface area contributed by atoms with E-state index in [-0.39, 0.29) is 23.4 Å². The predicted octanol–water partition coefficient (Wildman–Crippen LogP) is 3.59. The van der Waals surface area contributed by atoms with Crippen molar-refractivity contribution < 1.29 is 19.1 Å². The van der Waals surface area contributed by atoms with E-state index in [0.717, 1.165) is 29.8 Å². The molecule has 1 aliphatic heterocycles. The Bertz CT molecular complexity index is 950. The molecule has 0 spiro atoms. The van der Waals surface area contributed by atoms with Crippen LogP contribution in [-0.4, -0.2) is 47.6 Å². The highest BCUT2D eigenvalue weighted by Crippen LogP contribution is 2.29. The molecule has 2 heterocycles. The van der Waals surface area contributed by atoms with Gasteiger partial charge in [0.2, 0.25) is 0 Å². The van der Waals surface area contributed by atoms with Gasteiger partial charge in [-0.3, -0.25) is 14.4 Å². The number of aryl methyl sites for hydroxylation is 1. The Morgan fingerprint density at radius 1 is 1.10 bits per heavy atom. The van der Waals surface area contributed by atoms with Crippen LogP contribution in [0.5, 0.6) is 5.75 Å². The largest absolute Gasteiger partial charge is 0.497 e. The number of hydrogen-bond donors (Lipinski definition) is 1. The van der Waals surface area contributed by atoms with E-state index in [1.807, 2.05) is 6.92 Å². The molecule has 0 saturated carbocycles. The molecule has 1 aromatic carbocycles. The Balaban J connectivity index is 1.42. The molecule has 0 atom stereocenters. The third kappa shape index (κ3) is 3.59. The van der Waals surface area contributed by atoms with Crippen LogP contribution in [0.25, 0.3) is 0 Å². The monoisotopic (exact) mass is 394 g/mol. The van der Waals surface area contributed by atoms with Crippen molar-refractivity contribution in [2.75, 3.05) is 20.2 Å². The summed E-state index contributed by atoms with van der Waals surface area (Å²) in [5, 5.41) is 0. The summed E-state index contributed by atoms with van der Waals surface area (Å²) in [6, 6.07) is 7.18. The molecule has 1 saturated heterocycles. The van der Waals surface area contributed by atoms with Crippen molar-refractivity contribution in [3.8, 4) is 5.75 Å². The lowest BCUT2D eigenvalue weighted by molar-refractivity contribution is 0.0645. The molecule has 2 aliphatic rings. The van der Waals surface area contributed by atoms with Gasteiger partial charge < -0.3 is 14.6 Å². The number of ketones is 2. The van der Waals surface area contributed by atoms with E-state index in [0.29, 0.717) is 49.2 Å². The fourth-order valence-corrected chi connectivity index (χ4v) is 4.48. The van der Waals surface area contributed by atoms with Crippen molar-refractivity contribution in [2.45, 2.75) is 39.0 Å². The quantitative estimate of drug-likeness (QED) is 0.804. The SMILES string of the molecule is COc1ccc(C(=O)C2CCN(C(=O)c3[nH]c4c(c3C)C(=O)CCC4)CC2)cc1. The van der Waals surface area contributed by atoms with Gasteiger partial charge in [0.05, 0.1) is 7.11 Å². The zero-order valence-electron chi connectivity index (χ0n) is 16.9. The first kappa shape index (κ1) is 19.4. The van der Waals surface area contributed by atoms with Crippen LogP contribution in [-0.2, 0) is 6.42 Å². The Morgan fingerprint density at radius 3 is 2.41 bits per heavy atom. The minimum atomic E-state index is -0.0769. The Kier molecular flexibility index (Phi) is 5.26. The van der Waals surface area contributed by atoms with E-state index >= 15 is 0 Å². The van der Waals surface area contributed by atoms with Crippen LogP contribution in [0, 0.1) is 12.8 Å². The number of rotatable bonds is 4. The van der Waals surface area contributed by atoms with Crippen molar-refractivity contribution in [3.63, 3.8) is 0 Å². The van der Waals surface area contributed by atoms with Gasteiger partial charge in [-0.05, 0) is 62.4 Å². The van der Waals surface area contributed by atoms with Gasteiger partial charge in [-0.15, -0.1) is 0 Å². The molecule has 0 bridgehead atoms. The number of benzene rings is 1. The van der Waals surface area contributed by atoms with E-state index in [1.54, 1.807) is 36.3 Å². The van der Waals surface area contributed by atoms with E-state index in [9.17, 15) is 14.4 Å². The molecule has 4 rings (SSSR count). The number of amides is 1. The van der Waals surface area contributed by atoms with Gasteiger partial charge in [-0.2, -0.15) is 0 Å². The second-order valence-corrected chi connectivity index (χ2v) is 7.91. The maximum atomic E-state index is 13.0. The smallest absolute Gasteiger partial charge is 0.270 e. The van der Waals surface area contributed by atoms with Crippen LogP contribution in [0.2, 0.25) is 0 Å². The molecule has 2 aromatic rings. The van der Waals surface area contributed by atoms with Gasteiger partial charge in [-0.25, -0.2) is 0 Å². The Hall–Kier alpha value is -2.89. The van der Waals surface area contributed by atoms with E-state index < -0.39 is 0 Å². The minimum absolute atomic E-state index is 0.0694. The second kappa shape index (κ2) is 7.85. The number of hydrogen-bond acceptors (Lipinski definition) is 4. The molecule has 152 valence electrons. The number of carbonyl (C=O) groups excluding carboxylic acids is 3. The normalized spacial score (nSPS) is 17.2. The summed E-state index contributed by atoms with van der Waals surface area (Å²) >= 11 is 0. The Morgan fingerprint density at radius 2 is 1.79 bits per heavy atom. The van der Waals surface area contributed by atoms with Crippen LogP contribution >= 0.6 is 0 Å². The van der Waals surface area contributed by atoms with E-state index in [4.69, 9.17) is 4.74 Å². The molecule has 1 aromatic heterocycles. The highest BCUT2D eigenvalue weighted by Gasteiger charge is 2.32. The maximum Gasteiger partial charge on any atom is 0.270 e. The summed E-state index contributed by atoms with van der Waals surface area (Å²) < 4.78 is 5.14. The van der Waals surface area contributed by atoms with Gasteiger partial charge in [0.25, 0.3) is 5.91 Å². The lowest BCUT2D eigenvalue weighted by Crippen LogP contribution is -2.40. The number of methoxy groups -OCH3 is 1. The molecule has 6 heteroatoms. The first-order valence-corrected chi connectivity index (χ1v) is 10.2. The van der Waals surface area contributed by atoms with Gasteiger partial charge in [-0.1, -0.05) is 0 Å². The molecule has 0 radical (unpaired) electrons. The summed E-state index contributed by atoms with van der Waals surface area (Å²) in [6.07, 6.45) is 3.49. The molecular formula is C23H26N2O4. The second-order valence-electron chi connectivity index (χ2n) is 7.91. The fourth-order valence-electron chi connectivity index (χ4n) is 4.48. The Labute approximate surface area is 170 Å². The molecule has 29 heavy (non-hydrogen) atoms. The zero-order valence-corrected chi connectivity index (χ0v) is 16.9. The topological polar surface area (TPSA) is 79.5 Å². The van der Waals surface area contributed by atoms with Gasteiger partial charge >= 0.3 is 0 Å². The molecule has 1 fully saturated rings. The zero-order chi connectivity index (χ0) is 20.5. The number of carbonyl (C=O) groups is 3. The molecule has 0 unspecified atom stereocenters. The minimum Gasteiger partial charge on any atom is -0.497 e. The number of Topliss-reactive ketones (excluding diaryl/α,β-unsaturated/α-hetero) is 2. The highest BCUT2D eigenvalue weighted by molar-refractivity contribution is 6.04. The number of nitrogens with zero attached hydrogens (tertiary/aromatic N) is 1. The number of H-pyrrole nitrogens is 1. The number of piperidine rings is 1. The highest BCUT2D eigenvalue weighted by atomic mass is 16.5. The van der Waals surface area contributed by atoms with Crippen molar-refractivity contribution in [1.29, 1.82) is 0 Å². The summed E-state index contributed by atoms with van der Waals surface area (Å²) in [6.45, 7) is 2.94. The number of ether oxygens (including phenoxy) is 1. The van der Waals surface area contributed by atoms with Crippen LogP contribution in [0.3, 0.4) is 0 Å². The predicted molar refractivity (Wildman–Crippen MR) is 109 cm³/mol. The number of fused-ring (bicyclic) bond motifs is 1. The van der Waals surface area contributed by atoms with E-state index in [1.165, 1.54) is 0 Å². The van der Waals surface area contributed by atoms with Crippen LogP contribution in [0.4, 0.5) is 0 Å². The summed E-state index contributed by atoms with van der Waals surface area (Å²) in [4.78, 5) is 43.1. The van der Waals surface area contributed by atoms with Gasteiger partial charge in [0.15, 0.2) is 11.6 Å². The third-order valence-corrected chi connectivity index (χ3v) is 6.18. The fraction of sp³-hybridized carbons (Fsp3) is 0.435. The van der Waals surface area contributed by atoms with Crippen molar-refractivity contribution in [2.24, 2.45) is 5.92 Å². The third-order valence-electron chi connectivity index (χ3n) is 6.18.